The first-order valence-electron chi connectivity index (χ1n) is 6.34. The average molecular weight is 262 g/mol. The van der Waals surface area contributed by atoms with Crippen molar-refractivity contribution in [2.75, 3.05) is 25.1 Å². The summed E-state index contributed by atoms with van der Waals surface area (Å²) in [7, 11) is 1.35. The number of amides is 1. The number of rotatable bonds is 5. The van der Waals surface area contributed by atoms with Crippen molar-refractivity contribution in [3.63, 3.8) is 0 Å². The van der Waals surface area contributed by atoms with Crippen molar-refractivity contribution in [2.24, 2.45) is 5.73 Å². The Hall–Kier alpha value is -1.88. The molecule has 5 heteroatoms. The van der Waals surface area contributed by atoms with Crippen LogP contribution in [0.2, 0.25) is 0 Å². The number of nitrogens with two attached hydrogens (primary N) is 1. The van der Waals surface area contributed by atoms with E-state index in [1.54, 1.807) is 4.90 Å². The van der Waals surface area contributed by atoms with Gasteiger partial charge in [-0.05, 0) is 30.2 Å². The molecule has 0 aliphatic carbocycles. The van der Waals surface area contributed by atoms with Crippen molar-refractivity contribution in [1.82, 2.24) is 0 Å². The Kier molecular flexibility index (Phi) is 4.16. The predicted octanol–water partition coefficient (Wildman–Crippen LogP) is 0.640. The molecule has 0 saturated carbocycles. The Morgan fingerprint density at radius 3 is 2.95 bits per heavy atom. The van der Waals surface area contributed by atoms with Crippen LogP contribution in [0.5, 0.6) is 0 Å². The summed E-state index contributed by atoms with van der Waals surface area (Å²) in [5.74, 6) is -0.273. The highest BCUT2D eigenvalue weighted by Gasteiger charge is 2.27. The first-order chi connectivity index (χ1) is 9.15. The summed E-state index contributed by atoms with van der Waals surface area (Å²) in [6.07, 6.45) is 1.42. The van der Waals surface area contributed by atoms with Crippen LogP contribution >= 0.6 is 0 Å². The Balaban J connectivity index is 2.13. The van der Waals surface area contributed by atoms with Gasteiger partial charge < -0.3 is 15.4 Å². The topological polar surface area (TPSA) is 72.6 Å². The highest BCUT2D eigenvalue weighted by atomic mass is 16.5. The Morgan fingerprint density at radius 1 is 1.47 bits per heavy atom. The summed E-state index contributed by atoms with van der Waals surface area (Å²) < 4.78 is 4.59. The minimum absolute atomic E-state index is 0.0313. The van der Waals surface area contributed by atoms with Crippen LogP contribution in [0.4, 0.5) is 5.69 Å². The summed E-state index contributed by atoms with van der Waals surface area (Å²) in [5.41, 5.74) is 8.58. The molecule has 1 heterocycles. The molecule has 19 heavy (non-hydrogen) atoms. The zero-order valence-corrected chi connectivity index (χ0v) is 11.0. The normalized spacial score (nSPS) is 13.6. The molecule has 5 nitrogen and oxygen atoms in total. The molecule has 0 atom stereocenters. The lowest BCUT2D eigenvalue weighted by Gasteiger charge is -2.16. The fourth-order valence-corrected chi connectivity index (χ4v) is 2.31. The highest BCUT2D eigenvalue weighted by Crippen LogP contribution is 2.29. The van der Waals surface area contributed by atoms with Gasteiger partial charge in [0.2, 0.25) is 5.91 Å². The number of esters is 1. The number of hydrogen-bond acceptors (Lipinski definition) is 4. The summed E-state index contributed by atoms with van der Waals surface area (Å²) >= 11 is 0. The number of ether oxygens (including phenoxy) is 1. The van der Waals surface area contributed by atoms with Gasteiger partial charge in [-0.2, -0.15) is 0 Å². The zero-order chi connectivity index (χ0) is 13.8. The van der Waals surface area contributed by atoms with Gasteiger partial charge in [-0.25, -0.2) is 0 Å². The Labute approximate surface area is 112 Å². The van der Waals surface area contributed by atoms with Gasteiger partial charge in [0.25, 0.3) is 0 Å². The van der Waals surface area contributed by atoms with E-state index in [-0.39, 0.29) is 18.3 Å². The maximum Gasteiger partial charge on any atom is 0.307 e. The smallest absolute Gasteiger partial charge is 0.307 e. The van der Waals surface area contributed by atoms with Crippen LogP contribution in [0.3, 0.4) is 0 Å². The lowest BCUT2D eigenvalue weighted by atomic mass is 10.1. The van der Waals surface area contributed by atoms with E-state index in [0.29, 0.717) is 19.5 Å². The van der Waals surface area contributed by atoms with Crippen molar-refractivity contribution >= 4 is 17.6 Å². The molecule has 1 aromatic carbocycles. The molecule has 1 aromatic rings. The van der Waals surface area contributed by atoms with Crippen LogP contribution in [0, 0.1) is 0 Å². The van der Waals surface area contributed by atoms with Gasteiger partial charge in [0, 0.05) is 12.2 Å². The number of methoxy groups -OCH3 is 1. The van der Waals surface area contributed by atoms with Crippen molar-refractivity contribution in [2.45, 2.75) is 19.3 Å². The quantitative estimate of drug-likeness (QED) is 0.790. The molecule has 0 radical (unpaired) electrons. The first-order valence-corrected chi connectivity index (χ1v) is 6.34. The second-order valence-corrected chi connectivity index (χ2v) is 4.55. The largest absolute Gasteiger partial charge is 0.469 e. The third-order valence-corrected chi connectivity index (χ3v) is 3.28. The minimum atomic E-state index is -0.305. The third kappa shape index (κ3) is 2.93. The Morgan fingerprint density at radius 2 is 2.26 bits per heavy atom. The fraction of sp³-hybridized carbons (Fsp3) is 0.429. The van der Waals surface area contributed by atoms with Crippen molar-refractivity contribution in [3.8, 4) is 0 Å². The molecule has 102 valence electrons. The SMILES string of the molecule is COC(=O)CCN1C(=O)Cc2cc(CCN)ccc21. The van der Waals surface area contributed by atoms with Crippen LogP contribution in [-0.2, 0) is 27.2 Å². The van der Waals surface area contributed by atoms with Crippen LogP contribution in [0.25, 0.3) is 0 Å². The molecule has 1 aliphatic rings. The molecule has 0 aromatic heterocycles. The second-order valence-electron chi connectivity index (χ2n) is 4.55. The van der Waals surface area contributed by atoms with E-state index in [2.05, 4.69) is 4.74 Å². The molecule has 0 saturated heterocycles. The predicted molar refractivity (Wildman–Crippen MR) is 71.9 cm³/mol. The van der Waals surface area contributed by atoms with Gasteiger partial charge in [0.15, 0.2) is 0 Å². The highest BCUT2D eigenvalue weighted by molar-refractivity contribution is 6.01. The molecule has 0 spiro atoms. The summed E-state index contributed by atoms with van der Waals surface area (Å²) in [6.45, 7) is 0.966. The van der Waals surface area contributed by atoms with Gasteiger partial charge in [0.05, 0.1) is 20.0 Å². The fourth-order valence-electron chi connectivity index (χ4n) is 2.31. The lowest BCUT2D eigenvalue weighted by molar-refractivity contribution is -0.140. The van der Waals surface area contributed by atoms with E-state index in [9.17, 15) is 9.59 Å². The molecule has 0 bridgehead atoms. The van der Waals surface area contributed by atoms with E-state index < -0.39 is 0 Å². The number of fused-ring (bicyclic) bond motifs is 1. The molecule has 1 aliphatic heterocycles. The molecule has 0 unspecified atom stereocenters. The van der Waals surface area contributed by atoms with Gasteiger partial charge in [0.1, 0.15) is 0 Å². The monoisotopic (exact) mass is 262 g/mol. The number of nitrogens with zero attached hydrogens (tertiary/aromatic N) is 1. The number of carbonyl (C=O) groups is 2. The second kappa shape index (κ2) is 5.84. The van der Waals surface area contributed by atoms with E-state index in [4.69, 9.17) is 5.73 Å². The number of carbonyl (C=O) groups excluding carboxylic acids is 2. The molecule has 2 N–H and O–H groups in total. The molecule has 2 rings (SSSR count). The maximum atomic E-state index is 12.0. The average Bonchev–Trinajstić information content (AvgIpc) is 2.71. The zero-order valence-electron chi connectivity index (χ0n) is 11.0. The molecular formula is C14H18N2O3. The standard InChI is InChI=1S/C14H18N2O3/c1-19-14(18)5-7-16-12-3-2-10(4-6-15)8-11(12)9-13(16)17/h2-3,8H,4-7,9,15H2,1H3. The van der Waals surface area contributed by atoms with E-state index >= 15 is 0 Å². The summed E-state index contributed by atoms with van der Waals surface area (Å²) in [6, 6.07) is 5.94. The van der Waals surface area contributed by atoms with Gasteiger partial charge in [-0.15, -0.1) is 0 Å². The summed E-state index contributed by atoms with van der Waals surface area (Å²) in [5, 5.41) is 0. The third-order valence-electron chi connectivity index (χ3n) is 3.28. The van der Waals surface area contributed by atoms with E-state index in [1.807, 2.05) is 18.2 Å². The van der Waals surface area contributed by atoms with Crippen LogP contribution in [0.1, 0.15) is 17.5 Å². The van der Waals surface area contributed by atoms with Crippen LogP contribution in [-0.4, -0.2) is 32.1 Å². The summed E-state index contributed by atoms with van der Waals surface area (Å²) in [4.78, 5) is 24.8. The van der Waals surface area contributed by atoms with E-state index in [1.165, 1.54) is 7.11 Å². The van der Waals surface area contributed by atoms with Crippen LogP contribution < -0.4 is 10.6 Å². The molecular weight excluding hydrogens is 244 g/mol. The molecule has 0 fully saturated rings. The van der Waals surface area contributed by atoms with Crippen molar-refractivity contribution in [3.05, 3.63) is 29.3 Å². The number of anilines is 1. The van der Waals surface area contributed by atoms with Gasteiger partial charge in [-0.3, -0.25) is 9.59 Å². The number of hydrogen-bond donors (Lipinski definition) is 1. The number of benzene rings is 1. The lowest BCUT2D eigenvalue weighted by Crippen LogP contribution is -2.29. The van der Waals surface area contributed by atoms with Crippen molar-refractivity contribution < 1.29 is 14.3 Å². The van der Waals surface area contributed by atoms with Gasteiger partial charge >= 0.3 is 5.97 Å². The molecule has 1 amide bonds. The van der Waals surface area contributed by atoms with Crippen LogP contribution in [0.15, 0.2) is 18.2 Å². The minimum Gasteiger partial charge on any atom is -0.469 e. The van der Waals surface area contributed by atoms with Gasteiger partial charge in [-0.1, -0.05) is 12.1 Å². The van der Waals surface area contributed by atoms with E-state index in [0.717, 1.165) is 23.2 Å². The van der Waals surface area contributed by atoms with Crippen molar-refractivity contribution in [1.29, 1.82) is 0 Å². The Bertz CT molecular complexity index is 499. The maximum absolute atomic E-state index is 12.0. The first kappa shape index (κ1) is 13.5.